The standard InChI is InChI=1S/C17H14N2O4S/c1-2-22-16(20)11-5-7-12(8-6-11)18-15-14(24-17(21)19-15)10-13-4-3-9-23-13/h3-10H,2H2,1H3,(H,18,19,21)/b14-10-. The minimum Gasteiger partial charge on any atom is -0.465 e. The summed E-state index contributed by atoms with van der Waals surface area (Å²) in [4.78, 5) is 28.4. The van der Waals surface area contributed by atoms with E-state index in [9.17, 15) is 9.59 Å². The molecule has 1 saturated heterocycles. The Labute approximate surface area is 142 Å². The van der Waals surface area contributed by atoms with Crippen molar-refractivity contribution in [1.82, 2.24) is 5.32 Å². The number of nitrogens with zero attached hydrogens (tertiary/aromatic N) is 1. The lowest BCUT2D eigenvalue weighted by Crippen LogP contribution is -2.18. The molecule has 0 radical (unpaired) electrons. The molecule has 0 unspecified atom stereocenters. The smallest absolute Gasteiger partial charge is 0.338 e. The van der Waals surface area contributed by atoms with E-state index in [4.69, 9.17) is 9.15 Å². The number of aliphatic imine (C=N–C) groups is 1. The zero-order valence-corrected chi connectivity index (χ0v) is 13.6. The van der Waals surface area contributed by atoms with Crippen molar-refractivity contribution in [2.45, 2.75) is 6.92 Å². The minimum atomic E-state index is -0.375. The van der Waals surface area contributed by atoms with Crippen molar-refractivity contribution in [3.8, 4) is 0 Å². The molecule has 24 heavy (non-hydrogen) atoms. The molecule has 2 heterocycles. The lowest BCUT2D eigenvalue weighted by Gasteiger charge is -2.02. The van der Waals surface area contributed by atoms with Crippen LogP contribution in [-0.2, 0) is 4.74 Å². The molecule has 3 rings (SSSR count). The summed E-state index contributed by atoms with van der Waals surface area (Å²) in [7, 11) is 0. The van der Waals surface area contributed by atoms with Crippen molar-refractivity contribution in [2.75, 3.05) is 6.61 Å². The van der Waals surface area contributed by atoms with Gasteiger partial charge in [0.05, 0.1) is 29.0 Å². The first-order valence-electron chi connectivity index (χ1n) is 7.26. The number of amidine groups is 1. The van der Waals surface area contributed by atoms with Crippen molar-refractivity contribution in [1.29, 1.82) is 0 Å². The average molecular weight is 342 g/mol. The number of hydrogen-bond donors (Lipinski definition) is 1. The Morgan fingerprint density at radius 2 is 2.12 bits per heavy atom. The second kappa shape index (κ2) is 7.18. The van der Waals surface area contributed by atoms with Gasteiger partial charge in [-0.3, -0.25) is 4.79 Å². The molecule has 0 atom stereocenters. The quantitative estimate of drug-likeness (QED) is 0.850. The molecule has 1 N–H and O–H groups in total. The maximum absolute atomic E-state index is 11.6. The summed E-state index contributed by atoms with van der Waals surface area (Å²) in [6, 6.07) is 10.2. The second-order valence-corrected chi connectivity index (χ2v) is 5.78. The van der Waals surface area contributed by atoms with Gasteiger partial charge < -0.3 is 14.5 Å². The van der Waals surface area contributed by atoms with Crippen LogP contribution in [0.2, 0.25) is 0 Å². The van der Waals surface area contributed by atoms with Crippen LogP contribution in [0.25, 0.3) is 6.08 Å². The third kappa shape index (κ3) is 3.75. The van der Waals surface area contributed by atoms with E-state index in [-0.39, 0.29) is 11.2 Å². The summed E-state index contributed by atoms with van der Waals surface area (Å²) >= 11 is 1.05. The highest BCUT2D eigenvalue weighted by Gasteiger charge is 2.24. The average Bonchev–Trinajstić information content (AvgIpc) is 3.19. The number of benzene rings is 1. The molecule has 0 aliphatic carbocycles. The van der Waals surface area contributed by atoms with Crippen LogP contribution in [0.5, 0.6) is 0 Å². The van der Waals surface area contributed by atoms with Gasteiger partial charge in [-0.2, -0.15) is 0 Å². The van der Waals surface area contributed by atoms with E-state index in [1.165, 1.54) is 0 Å². The highest BCUT2D eigenvalue weighted by atomic mass is 32.2. The van der Waals surface area contributed by atoms with Gasteiger partial charge in [0, 0.05) is 0 Å². The van der Waals surface area contributed by atoms with E-state index >= 15 is 0 Å². The van der Waals surface area contributed by atoms with Crippen LogP contribution in [0, 0.1) is 0 Å². The number of carbonyl (C=O) groups excluding carboxylic acids is 2. The molecular weight excluding hydrogens is 328 g/mol. The zero-order valence-electron chi connectivity index (χ0n) is 12.8. The monoisotopic (exact) mass is 342 g/mol. The SMILES string of the molecule is CCOC(=O)c1ccc(N=C2NC(=O)S/C2=C\c2ccco2)cc1. The van der Waals surface area contributed by atoms with Gasteiger partial charge in [0.25, 0.3) is 5.24 Å². The van der Waals surface area contributed by atoms with Crippen molar-refractivity contribution in [3.05, 3.63) is 58.9 Å². The fourth-order valence-corrected chi connectivity index (χ4v) is 2.75. The van der Waals surface area contributed by atoms with Crippen LogP contribution in [0.4, 0.5) is 10.5 Å². The molecule has 6 nitrogen and oxygen atoms in total. The number of thioether (sulfide) groups is 1. The molecule has 1 aromatic carbocycles. The highest BCUT2D eigenvalue weighted by Crippen LogP contribution is 2.28. The van der Waals surface area contributed by atoms with Gasteiger partial charge in [-0.25, -0.2) is 9.79 Å². The Kier molecular flexibility index (Phi) is 4.81. The molecular formula is C17H14N2O4S. The number of furan rings is 1. The van der Waals surface area contributed by atoms with Gasteiger partial charge in [0.1, 0.15) is 11.6 Å². The fraction of sp³-hybridized carbons (Fsp3) is 0.118. The summed E-state index contributed by atoms with van der Waals surface area (Å²) in [6.45, 7) is 2.08. The first-order valence-corrected chi connectivity index (χ1v) is 8.07. The van der Waals surface area contributed by atoms with Gasteiger partial charge in [0.15, 0.2) is 0 Å². The van der Waals surface area contributed by atoms with E-state index in [1.807, 2.05) is 0 Å². The Balaban J connectivity index is 1.83. The summed E-state index contributed by atoms with van der Waals surface area (Å²) in [5.41, 5.74) is 1.07. The van der Waals surface area contributed by atoms with E-state index in [2.05, 4.69) is 10.3 Å². The van der Waals surface area contributed by atoms with Crippen molar-refractivity contribution in [2.24, 2.45) is 4.99 Å². The largest absolute Gasteiger partial charge is 0.465 e. The fourth-order valence-electron chi connectivity index (χ4n) is 2.03. The number of carbonyl (C=O) groups is 2. The molecule has 1 amide bonds. The topological polar surface area (TPSA) is 80.9 Å². The number of rotatable bonds is 4. The van der Waals surface area contributed by atoms with Crippen LogP contribution in [0.15, 0.2) is 57.0 Å². The van der Waals surface area contributed by atoms with Crippen molar-refractivity contribution in [3.63, 3.8) is 0 Å². The Bertz CT molecular complexity index is 808. The second-order valence-electron chi connectivity index (χ2n) is 4.77. The number of amides is 1. The number of ether oxygens (including phenoxy) is 1. The molecule has 0 spiro atoms. The molecule has 0 bridgehead atoms. The summed E-state index contributed by atoms with van der Waals surface area (Å²) < 4.78 is 10.2. The first-order chi connectivity index (χ1) is 11.7. The van der Waals surface area contributed by atoms with E-state index in [1.54, 1.807) is 55.7 Å². The van der Waals surface area contributed by atoms with Crippen LogP contribution < -0.4 is 5.32 Å². The molecule has 1 aromatic heterocycles. The summed E-state index contributed by atoms with van der Waals surface area (Å²) in [5, 5.41) is 2.50. The van der Waals surface area contributed by atoms with Gasteiger partial charge in [-0.1, -0.05) is 0 Å². The number of hydrogen-bond acceptors (Lipinski definition) is 6. The summed E-state index contributed by atoms with van der Waals surface area (Å²) in [6.07, 6.45) is 3.31. The zero-order chi connectivity index (χ0) is 16.9. The Hall–Kier alpha value is -2.80. The summed E-state index contributed by atoms with van der Waals surface area (Å²) in [5.74, 6) is 0.712. The van der Waals surface area contributed by atoms with Crippen LogP contribution in [0.3, 0.4) is 0 Å². The van der Waals surface area contributed by atoms with Gasteiger partial charge >= 0.3 is 5.97 Å². The molecule has 122 valence electrons. The molecule has 7 heteroatoms. The Morgan fingerprint density at radius 1 is 1.33 bits per heavy atom. The van der Waals surface area contributed by atoms with E-state index < -0.39 is 0 Å². The normalized spacial score (nSPS) is 17.3. The molecule has 2 aromatic rings. The van der Waals surface area contributed by atoms with Gasteiger partial charge in [0.2, 0.25) is 0 Å². The van der Waals surface area contributed by atoms with Crippen LogP contribution in [0.1, 0.15) is 23.0 Å². The van der Waals surface area contributed by atoms with E-state index in [0.717, 1.165) is 11.8 Å². The first kappa shape index (κ1) is 16.1. The number of esters is 1. The van der Waals surface area contributed by atoms with Crippen molar-refractivity contribution >= 4 is 40.6 Å². The lowest BCUT2D eigenvalue weighted by atomic mass is 10.2. The molecule has 1 aliphatic heterocycles. The molecule has 1 fully saturated rings. The molecule has 1 aliphatic rings. The molecule has 0 saturated carbocycles. The maximum Gasteiger partial charge on any atom is 0.338 e. The van der Waals surface area contributed by atoms with Gasteiger partial charge in [-0.15, -0.1) is 0 Å². The third-order valence-electron chi connectivity index (χ3n) is 3.09. The third-order valence-corrected chi connectivity index (χ3v) is 3.91. The number of nitrogens with one attached hydrogen (secondary N) is 1. The van der Waals surface area contributed by atoms with Gasteiger partial charge in [-0.05, 0) is 61.2 Å². The minimum absolute atomic E-state index is 0.199. The lowest BCUT2D eigenvalue weighted by molar-refractivity contribution is 0.0526. The van der Waals surface area contributed by atoms with Crippen molar-refractivity contribution < 1.29 is 18.7 Å². The predicted octanol–water partition coefficient (Wildman–Crippen LogP) is 3.98. The van der Waals surface area contributed by atoms with E-state index in [0.29, 0.717) is 34.4 Å². The highest BCUT2D eigenvalue weighted by molar-refractivity contribution is 8.18. The maximum atomic E-state index is 11.6. The Morgan fingerprint density at radius 3 is 2.79 bits per heavy atom. The van der Waals surface area contributed by atoms with Crippen LogP contribution >= 0.6 is 11.8 Å². The van der Waals surface area contributed by atoms with Crippen LogP contribution in [-0.4, -0.2) is 23.7 Å². The predicted molar refractivity (Wildman–Crippen MR) is 92.3 cm³/mol.